The van der Waals surface area contributed by atoms with Crippen molar-refractivity contribution in [2.45, 2.75) is 17.5 Å². The molecule has 0 aliphatic carbocycles. The molecule has 0 bridgehead atoms. The normalized spacial score (nSPS) is 12.6. The van der Waals surface area contributed by atoms with Crippen LogP contribution in [-0.2, 0) is 22.6 Å². The molecule has 25 heavy (non-hydrogen) atoms. The van der Waals surface area contributed by atoms with Gasteiger partial charge in [-0.2, -0.15) is 13.2 Å². The molecule has 0 aliphatic heterocycles. The van der Waals surface area contributed by atoms with Crippen molar-refractivity contribution in [3.63, 3.8) is 0 Å². The molecule has 2 aromatic heterocycles. The zero-order chi connectivity index (χ0) is 18.2. The topological polar surface area (TPSA) is 78.0 Å². The van der Waals surface area contributed by atoms with Crippen molar-refractivity contribution >= 4 is 21.1 Å². The molecule has 0 saturated carbocycles. The van der Waals surface area contributed by atoms with E-state index in [9.17, 15) is 21.6 Å². The lowest BCUT2D eigenvalue weighted by Crippen LogP contribution is -2.18. The Morgan fingerprint density at radius 1 is 1.12 bits per heavy atom. The fourth-order valence-electron chi connectivity index (χ4n) is 2.67. The third kappa shape index (κ3) is 3.00. The minimum Gasteiger partial charge on any atom is -0.330 e. The molecule has 0 aliphatic rings. The van der Waals surface area contributed by atoms with Crippen LogP contribution in [0.1, 0.15) is 11.1 Å². The Labute approximate surface area is 142 Å². The number of pyridine rings is 1. The Bertz CT molecular complexity index is 1030. The minimum absolute atomic E-state index is 0.0722. The Hall–Kier alpha value is -2.39. The van der Waals surface area contributed by atoms with Gasteiger partial charge in [-0.05, 0) is 42.8 Å². The monoisotopic (exact) mass is 369 g/mol. The largest absolute Gasteiger partial charge is 0.417 e. The van der Waals surface area contributed by atoms with Crippen molar-refractivity contribution in [1.29, 1.82) is 0 Å². The van der Waals surface area contributed by atoms with Crippen LogP contribution in [-0.4, -0.2) is 23.9 Å². The highest BCUT2D eigenvalue weighted by molar-refractivity contribution is 7.90. The summed E-state index contributed by atoms with van der Waals surface area (Å²) in [5, 5.41) is 0.543. The molecule has 132 valence electrons. The lowest BCUT2D eigenvalue weighted by Gasteiger charge is -2.14. The van der Waals surface area contributed by atoms with Gasteiger partial charge in [0.15, 0.2) is 5.65 Å². The fourth-order valence-corrected chi connectivity index (χ4v) is 4.23. The number of benzene rings is 1. The van der Waals surface area contributed by atoms with Crippen molar-refractivity contribution in [2.75, 3.05) is 6.54 Å². The first-order chi connectivity index (χ1) is 11.8. The van der Waals surface area contributed by atoms with E-state index in [2.05, 4.69) is 4.98 Å². The zero-order valence-corrected chi connectivity index (χ0v) is 13.7. The van der Waals surface area contributed by atoms with Gasteiger partial charge in [0.25, 0.3) is 10.0 Å². The maximum absolute atomic E-state index is 13.2. The minimum atomic E-state index is -4.79. The van der Waals surface area contributed by atoms with Crippen LogP contribution in [0.5, 0.6) is 0 Å². The summed E-state index contributed by atoms with van der Waals surface area (Å²) in [5.41, 5.74) is 5.00. The van der Waals surface area contributed by atoms with Crippen LogP contribution in [0.4, 0.5) is 13.2 Å². The standard InChI is InChI=1S/C16H14F3N3O2S/c17-16(18,19)13-5-1-2-6-14(13)25(23,24)22-10-11(7-8-20)12-4-3-9-21-15(12)22/h1-6,9-10H,7-8,20H2. The quantitative estimate of drug-likeness (QED) is 0.767. The van der Waals surface area contributed by atoms with E-state index in [4.69, 9.17) is 5.73 Å². The van der Waals surface area contributed by atoms with Gasteiger partial charge >= 0.3 is 6.18 Å². The van der Waals surface area contributed by atoms with Gasteiger partial charge in [0.05, 0.1) is 5.56 Å². The summed E-state index contributed by atoms with van der Waals surface area (Å²) < 4.78 is 66.3. The first-order valence-electron chi connectivity index (χ1n) is 7.33. The van der Waals surface area contributed by atoms with Crippen molar-refractivity contribution in [3.8, 4) is 0 Å². The molecule has 3 aromatic rings. The summed E-state index contributed by atoms with van der Waals surface area (Å²) in [6.07, 6.45) is -1.74. The van der Waals surface area contributed by atoms with Crippen LogP contribution >= 0.6 is 0 Å². The first-order valence-corrected chi connectivity index (χ1v) is 8.77. The average molecular weight is 369 g/mol. The maximum atomic E-state index is 13.2. The van der Waals surface area contributed by atoms with Gasteiger partial charge in [0.1, 0.15) is 4.90 Å². The SMILES string of the molecule is NCCc1cn(S(=O)(=O)c2ccccc2C(F)(F)F)c2ncccc12. The van der Waals surface area contributed by atoms with Gasteiger partial charge in [-0.1, -0.05) is 12.1 Å². The molecule has 0 saturated heterocycles. The number of alkyl halides is 3. The average Bonchev–Trinajstić information content (AvgIpc) is 2.94. The predicted molar refractivity (Wildman–Crippen MR) is 86.5 cm³/mol. The molecule has 0 unspecified atom stereocenters. The smallest absolute Gasteiger partial charge is 0.330 e. The van der Waals surface area contributed by atoms with E-state index < -0.39 is 26.7 Å². The van der Waals surface area contributed by atoms with Gasteiger partial charge in [-0.25, -0.2) is 17.4 Å². The second-order valence-corrected chi connectivity index (χ2v) is 7.15. The third-order valence-corrected chi connectivity index (χ3v) is 5.47. The molecular weight excluding hydrogens is 355 g/mol. The summed E-state index contributed by atoms with van der Waals surface area (Å²) in [7, 11) is -4.48. The van der Waals surface area contributed by atoms with E-state index >= 15 is 0 Å². The molecule has 0 atom stereocenters. The van der Waals surface area contributed by atoms with Crippen molar-refractivity contribution in [3.05, 3.63) is 59.9 Å². The summed E-state index contributed by atoms with van der Waals surface area (Å²) in [5.74, 6) is 0. The molecule has 3 rings (SSSR count). The Kier molecular flexibility index (Phi) is 4.29. The van der Waals surface area contributed by atoms with E-state index in [1.54, 1.807) is 12.1 Å². The van der Waals surface area contributed by atoms with Gasteiger partial charge in [0, 0.05) is 17.8 Å². The van der Waals surface area contributed by atoms with Crippen molar-refractivity contribution < 1.29 is 21.6 Å². The highest BCUT2D eigenvalue weighted by Gasteiger charge is 2.37. The number of fused-ring (bicyclic) bond motifs is 1. The lowest BCUT2D eigenvalue weighted by molar-refractivity contribution is -0.139. The number of rotatable bonds is 4. The molecule has 0 fully saturated rings. The zero-order valence-electron chi connectivity index (χ0n) is 12.9. The Morgan fingerprint density at radius 2 is 1.84 bits per heavy atom. The van der Waals surface area contributed by atoms with Crippen LogP contribution in [0, 0.1) is 0 Å². The second kappa shape index (κ2) is 6.16. The van der Waals surface area contributed by atoms with Crippen LogP contribution in [0.3, 0.4) is 0 Å². The van der Waals surface area contributed by atoms with Crippen molar-refractivity contribution in [1.82, 2.24) is 8.96 Å². The molecule has 0 radical (unpaired) electrons. The summed E-state index contributed by atoms with van der Waals surface area (Å²) in [6.45, 7) is 0.271. The number of hydrogen-bond donors (Lipinski definition) is 1. The van der Waals surface area contributed by atoms with Crippen LogP contribution < -0.4 is 5.73 Å². The van der Waals surface area contributed by atoms with Crippen molar-refractivity contribution in [2.24, 2.45) is 5.73 Å². The highest BCUT2D eigenvalue weighted by Crippen LogP contribution is 2.35. The number of halogens is 3. The van der Waals surface area contributed by atoms with E-state index in [1.807, 2.05) is 0 Å². The fraction of sp³-hybridized carbons (Fsp3) is 0.188. The number of aromatic nitrogens is 2. The molecule has 5 nitrogen and oxygen atoms in total. The predicted octanol–water partition coefficient (Wildman–Crippen LogP) is 2.79. The molecular formula is C16H14F3N3O2S. The van der Waals surface area contributed by atoms with E-state index in [-0.39, 0.29) is 12.2 Å². The number of nitrogens with two attached hydrogens (primary N) is 1. The summed E-state index contributed by atoms with van der Waals surface area (Å²) in [4.78, 5) is 3.21. The molecule has 0 amide bonds. The third-order valence-electron chi connectivity index (χ3n) is 3.76. The summed E-state index contributed by atoms with van der Waals surface area (Å²) in [6, 6.07) is 7.37. The molecule has 2 heterocycles. The Morgan fingerprint density at radius 3 is 2.52 bits per heavy atom. The molecule has 0 spiro atoms. The molecule has 1 aromatic carbocycles. The summed E-state index contributed by atoms with van der Waals surface area (Å²) >= 11 is 0. The maximum Gasteiger partial charge on any atom is 0.417 e. The number of nitrogens with zero attached hydrogens (tertiary/aromatic N) is 2. The van der Waals surface area contributed by atoms with E-state index in [0.717, 1.165) is 22.2 Å². The lowest BCUT2D eigenvalue weighted by atomic mass is 10.2. The molecule has 2 N–H and O–H groups in total. The van der Waals surface area contributed by atoms with Crippen LogP contribution in [0.15, 0.2) is 53.7 Å². The van der Waals surface area contributed by atoms with E-state index in [0.29, 0.717) is 17.4 Å². The van der Waals surface area contributed by atoms with Gasteiger partial charge in [-0.15, -0.1) is 0 Å². The van der Waals surface area contributed by atoms with Crippen LogP contribution in [0.2, 0.25) is 0 Å². The van der Waals surface area contributed by atoms with Crippen LogP contribution in [0.25, 0.3) is 11.0 Å². The Balaban J connectivity index is 2.29. The highest BCUT2D eigenvalue weighted by atomic mass is 32.2. The van der Waals surface area contributed by atoms with Gasteiger partial charge < -0.3 is 5.73 Å². The second-order valence-electron chi connectivity index (χ2n) is 5.36. The van der Waals surface area contributed by atoms with E-state index in [1.165, 1.54) is 18.5 Å². The molecule has 9 heteroatoms. The van der Waals surface area contributed by atoms with Gasteiger partial charge in [-0.3, -0.25) is 0 Å². The first kappa shape index (κ1) is 17.4. The van der Waals surface area contributed by atoms with Gasteiger partial charge in [0.2, 0.25) is 0 Å². The number of hydrogen-bond acceptors (Lipinski definition) is 4.